The number of nitrogens with one attached hydrogen (secondary N) is 1. The van der Waals surface area contributed by atoms with Crippen LogP contribution in [-0.4, -0.2) is 36.5 Å². The molecule has 2 aromatic rings. The van der Waals surface area contributed by atoms with Crippen LogP contribution >= 0.6 is 15.9 Å². The zero-order valence-corrected chi connectivity index (χ0v) is 16.8. The second-order valence-electron chi connectivity index (χ2n) is 7.13. The topological polar surface area (TPSA) is 52.7 Å². The molecular formula is C21H22BrN3O2. The lowest BCUT2D eigenvalue weighted by Crippen LogP contribution is -2.53. The van der Waals surface area contributed by atoms with Gasteiger partial charge in [-0.2, -0.15) is 0 Å². The number of hydrogen-bond acceptors (Lipinski definition) is 3. The van der Waals surface area contributed by atoms with Crippen LogP contribution in [0.3, 0.4) is 0 Å². The predicted octanol–water partition coefficient (Wildman–Crippen LogP) is 4.49. The Bertz CT molecular complexity index is 881. The van der Waals surface area contributed by atoms with Crippen LogP contribution in [-0.2, 0) is 0 Å². The van der Waals surface area contributed by atoms with Crippen molar-refractivity contribution in [3.8, 4) is 0 Å². The minimum absolute atomic E-state index is 0.0786. The molecule has 2 aromatic carbocycles. The molecule has 140 valence electrons. The third kappa shape index (κ3) is 3.46. The van der Waals surface area contributed by atoms with Gasteiger partial charge in [0.15, 0.2) is 0 Å². The van der Waals surface area contributed by atoms with Crippen LogP contribution in [0.2, 0.25) is 0 Å². The van der Waals surface area contributed by atoms with E-state index in [0.29, 0.717) is 11.1 Å². The number of anilines is 2. The number of benzene rings is 2. The highest BCUT2D eigenvalue weighted by Gasteiger charge is 2.36. The predicted molar refractivity (Wildman–Crippen MR) is 110 cm³/mol. The molecular weight excluding hydrogens is 406 g/mol. The normalized spacial score (nSPS) is 19.2. The molecule has 1 atom stereocenters. The number of amides is 2. The van der Waals surface area contributed by atoms with Crippen molar-refractivity contribution in [2.75, 3.05) is 23.8 Å². The van der Waals surface area contributed by atoms with Crippen LogP contribution in [0.4, 0.5) is 11.4 Å². The van der Waals surface area contributed by atoms with E-state index in [4.69, 9.17) is 0 Å². The minimum atomic E-state index is -0.177. The molecule has 27 heavy (non-hydrogen) atoms. The van der Waals surface area contributed by atoms with Gasteiger partial charge >= 0.3 is 0 Å². The summed E-state index contributed by atoms with van der Waals surface area (Å²) in [4.78, 5) is 29.8. The fourth-order valence-corrected chi connectivity index (χ4v) is 4.19. The molecule has 0 unspecified atom stereocenters. The number of carbonyl (C=O) groups excluding carboxylic acids is 2. The molecule has 0 aromatic heterocycles. The molecule has 2 heterocycles. The van der Waals surface area contributed by atoms with Gasteiger partial charge in [-0.25, -0.2) is 0 Å². The summed E-state index contributed by atoms with van der Waals surface area (Å²) >= 11 is 3.39. The largest absolute Gasteiger partial charge is 0.354 e. The average Bonchev–Trinajstić information content (AvgIpc) is 2.94. The molecule has 1 fully saturated rings. The molecule has 0 bridgehead atoms. The van der Waals surface area contributed by atoms with E-state index in [1.54, 1.807) is 12.1 Å². The Morgan fingerprint density at radius 1 is 1.11 bits per heavy atom. The van der Waals surface area contributed by atoms with Crippen LogP contribution in [0, 0.1) is 0 Å². The molecule has 5 nitrogen and oxygen atoms in total. The molecule has 2 aliphatic rings. The molecule has 2 amide bonds. The molecule has 2 aliphatic heterocycles. The molecule has 0 saturated carbocycles. The van der Waals surface area contributed by atoms with E-state index in [9.17, 15) is 9.59 Å². The molecule has 0 radical (unpaired) electrons. The van der Waals surface area contributed by atoms with Crippen LogP contribution in [0.15, 0.2) is 46.9 Å². The first-order chi connectivity index (χ1) is 13.0. The Balaban J connectivity index is 1.62. The van der Waals surface area contributed by atoms with E-state index in [2.05, 4.69) is 26.1 Å². The molecule has 1 N–H and O–H groups in total. The summed E-state index contributed by atoms with van der Waals surface area (Å²) in [7, 11) is 2.02. The van der Waals surface area contributed by atoms with Crippen molar-refractivity contribution >= 4 is 39.1 Å². The van der Waals surface area contributed by atoms with Crippen molar-refractivity contribution < 1.29 is 9.59 Å². The maximum atomic E-state index is 12.9. The Hall–Kier alpha value is -2.34. The first-order valence-corrected chi connectivity index (χ1v) is 10.1. The number of hydrogen-bond donors (Lipinski definition) is 1. The average molecular weight is 428 g/mol. The first kappa shape index (κ1) is 18.0. The van der Waals surface area contributed by atoms with Gasteiger partial charge in [-0.3, -0.25) is 9.59 Å². The summed E-state index contributed by atoms with van der Waals surface area (Å²) in [5.41, 5.74) is 2.81. The highest BCUT2D eigenvalue weighted by Crippen LogP contribution is 2.34. The Morgan fingerprint density at radius 3 is 2.67 bits per heavy atom. The zero-order valence-electron chi connectivity index (χ0n) is 15.2. The SMILES string of the molecule is CN1c2cc(C(=O)Nc3ccc(Br)cc3)ccc2C(=O)N2CCCCC[C@H]21. The number of rotatable bonds is 2. The third-order valence-electron chi connectivity index (χ3n) is 5.40. The number of nitrogens with zero attached hydrogens (tertiary/aromatic N) is 2. The lowest BCUT2D eigenvalue weighted by Gasteiger charge is -2.43. The fourth-order valence-electron chi connectivity index (χ4n) is 3.93. The number of halogens is 1. The van der Waals surface area contributed by atoms with Crippen molar-refractivity contribution in [1.29, 1.82) is 0 Å². The summed E-state index contributed by atoms with van der Waals surface area (Å²) in [6, 6.07) is 12.8. The van der Waals surface area contributed by atoms with E-state index >= 15 is 0 Å². The molecule has 4 rings (SSSR count). The second kappa shape index (κ2) is 7.35. The standard InChI is InChI=1S/C21H22BrN3O2/c1-24-18-13-14(20(26)23-16-9-7-15(22)8-10-16)6-11-17(18)21(27)25-12-4-2-3-5-19(24)25/h6-11,13,19H,2-5,12H2,1H3,(H,23,26)/t19-/m0/s1. The van der Waals surface area contributed by atoms with Gasteiger partial charge in [0.25, 0.3) is 11.8 Å². The first-order valence-electron chi connectivity index (χ1n) is 9.29. The van der Waals surface area contributed by atoms with Gasteiger partial charge in [0.2, 0.25) is 0 Å². The van der Waals surface area contributed by atoms with Crippen molar-refractivity contribution in [1.82, 2.24) is 4.90 Å². The van der Waals surface area contributed by atoms with E-state index < -0.39 is 0 Å². The number of fused-ring (bicyclic) bond motifs is 2. The van der Waals surface area contributed by atoms with E-state index in [0.717, 1.165) is 48.1 Å². The van der Waals surface area contributed by atoms with E-state index in [-0.39, 0.29) is 18.0 Å². The van der Waals surface area contributed by atoms with Gasteiger partial charge in [-0.05, 0) is 61.7 Å². The quantitative estimate of drug-likeness (QED) is 0.767. The van der Waals surface area contributed by atoms with Gasteiger partial charge in [0, 0.05) is 29.3 Å². The highest BCUT2D eigenvalue weighted by molar-refractivity contribution is 9.10. The highest BCUT2D eigenvalue weighted by atomic mass is 79.9. The zero-order chi connectivity index (χ0) is 19.0. The summed E-state index contributed by atoms with van der Waals surface area (Å²) < 4.78 is 0.961. The van der Waals surface area contributed by atoms with E-state index in [1.807, 2.05) is 42.3 Å². The number of carbonyl (C=O) groups is 2. The van der Waals surface area contributed by atoms with Crippen molar-refractivity contribution in [2.45, 2.75) is 31.8 Å². The maximum absolute atomic E-state index is 12.9. The maximum Gasteiger partial charge on any atom is 0.257 e. The Labute approximate surface area is 167 Å². The third-order valence-corrected chi connectivity index (χ3v) is 5.93. The van der Waals surface area contributed by atoms with Crippen LogP contribution < -0.4 is 10.2 Å². The van der Waals surface area contributed by atoms with Crippen molar-refractivity contribution in [3.05, 3.63) is 58.1 Å². The minimum Gasteiger partial charge on any atom is -0.354 e. The molecule has 0 spiro atoms. The van der Waals surface area contributed by atoms with Crippen molar-refractivity contribution in [3.63, 3.8) is 0 Å². The Morgan fingerprint density at radius 2 is 1.89 bits per heavy atom. The van der Waals surface area contributed by atoms with Gasteiger partial charge in [-0.15, -0.1) is 0 Å². The monoisotopic (exact) mass is 427 g/mol. The molecule has 1 saturated heterocycles. The van der Waals surface area contributed by atoms with Gasteiger partial charge in [0.05, 0.1) is 11.3 Å². The smallest absolute Gasteiger partial charge is 0.257 e. The molecule has 6 heteroatoms. The Kier molecular flexibility index (Phi) is 4.91. The van der Waals surface area contributed by atoms with Crippen LogP contribution in [0.25, 0.3) is 0 Å². The van der Waals surface area contributed by atoms with Gasteiger partial charge < -0.3 is 15.1 Å². The summed E-state index contributed by atoms with van der Waals surface area (Å²) in [6.45, 7) is 0.805. The lowest BCUT2D eigenvalue weighted by atomic mass is 10.0. The fraction of sp³-hybridized carbons (Fsp3) is 0.333. The second-order valence-corrected chi connectivity index (χ2v) is 8.05. The summed E-state index contributed by atoms with van der Waals surface area (Å²) in [6.07, 6.45) is 4.39. The van der Waals surface area contributed by atoms with E-state index in [1.165, 1.54) is 0 Å². The van der Waals surface area contributed by atoms with Crippen molar-refractivity contribution in [2.24, 2.45) is 0 Å². The van der Waals surface area contributed by atoms with Crippen LogP contribution in [0.1, 0.15) is 46.4 Å². The van der Waals surface area contributed by atoms with Crippen LogP contribution in [0.5, 0.6) is 0 Å². The van der Waals surface area contributed by atoms with Gasteiger partial charge in [0.1, 0.15) is 6.17 Å². The lowest BCUT2D eigenvalue weighted by molar-refractivity contribution is 0.0661. The summed E-state index contributed by atoms with van der Waals surface area (Å²) in [5, 5.41) is 2.91. The summed E-state index contributed by atoms with van der Waals surface area (Å²) in [5.74, 6) is -0.0980. The molecule has 0 aliphatic carbocycles. The van der Waals surface area contributed by atoms with Gasteiger partial charge in [-0.1, -0.05) is 22.4 Å².